The van der Waals surface area contributed by atoms with Gasteiger partial charge in [0.15, 0.2) is 9.84 Å². The fraction of sp³-hybridized carbons (Fsp3) is 0.667. The molecule has 1 saturated heterocycles. The number of hydrogen-bond donors (Lipinski definition) is 1. The molecule has 1 aliphatic carbocycles. The molecule has 128 valence electrons. The zero-order chi connectivity index (χ0) is 16.3. The Labute approximate surface area is 140 Å². The highest BCUT2D eigenvalue weighted by molar-refractivity contribution is 7.90. The van der Waals surface area contributed by atoms with E-state index in [0.29, 0.717) is 16.9 Å². The Hall–Kier alpha value is -0.910. The molecule has 0 unspecified atom stereocenters. The molecule has 0 bridgehead atoms. The molecule has 1 heterocycles. The monoisotopic (exact) mass is 336 g/mol. The Morgan fingerprint density at radius 1 is 1.04 bits per heavy atom. The van der Waals surface area contributed by atoms with E-state index in [4.69, 9.17) is 0 Å². The second kappa shape index (κ2) is 7.32. The molecule has 4 nitrogen and oxygen atoms in total. The first kappa shape index (κ1) is 16.9. The molecule has 0 aromatic heterocycles. The zero-order valence-electron chi connectivity index (χ0n) is 14.0. The quantitative estimate of drug-likeness (QED) is 0.918. The SMILES string of the molecule is CS(=O)(=O)c1ccc([C@H](C2CCCCC2)N2CCNCC2)cc1. The molecule has 23 heavy (non-hydrogen) atoms. The first-order valence-corrected chi connectivity index (χ1v) is 10.7. The van der Waals surface area contributed by atoms with Crippen molar-refractivity contribution in [2.45, 2.75) is 43.0 Å². The van der Waals surface area contributed by atoms with E-state index in [1.54, 1.807) is 12.1 Å². The molecule has 5 heteroatoms. The number of rotatable bonds is 4. The molecule has 1 saturated carbocycles. The summed E-state index contributed by atoms with van der Waals surface area (Å²) in [4.78, 5) is 3.02. The van der Waals surface area contributed by atoms with E-state index in [0.717, 1.165) is 26.2 Å². The minimum Gasteiger partial charge on any atom is -0.314 e. The lowest BCUT2D eigenvalue weighted by atomic mass is 9.80. The number of benzene rings is 1. The van der Waals surface area contributed by atoms with Crippen molar-refractivity contribution in [3.8, 4) is 0 Å². The molecule has 2 aliphatic rings. The van der Waals surface area contributed by atoms with Crippen LogP contribution in [0.2, 0.25) is 0 Å². The van der Waals surface area contributed by atoms with Crippen molar-refractivity contribution >= 4 is 9.84 Å². The van der Waals surface area contributed by atoms with Crippen molar-refractivity contribution in [1.82, 2.24) is 10.2 Å². The predicted octanol–water partition coefficient (Wildman–Crippen LogP) is 2.62. The fourth-order valence-corrected chi connectivity index (χ4v) is 4.73. The molecule has 3 rings (SSSR count). The molecular formula is C18H28N2O2S. The van der Waals surface area contributed by atoms with Crippen molar-refractivity contribution in [2.24, 2.45) is 5.92 Å². The summed E-state index contributed by atoms with van der Waals surface area (Å²) in [7, 11) is -3.12. The highest BCUT2D eigenvalue weighted by atomic mass is 32.2. The van der Waals surface area contributed by atoms with Gasteiger partial charge in [-0.15, -0.1) is 0 Å². The molecule has 1 aromatic carbocycles. The summed E-state index contributed by atoms with van der Waals surface area (Å²) < 4.78 is 23.4. The summed E-state index contributed by atoms with van der Waals surface area (Å²) in [5.41, 5.74) is 1.28. The number of hydrogen-bond acceptors (Lipinski definition) is 4. The van der Waals surface area contributed by atoms with Crippen LogP contribution in [-0.2, 0) is 9.84 Å². The lowest BCUT2D eigenvalue weighted by molar-refractivity contribution is 0.103. The van der Waals surface area contributed by atoms with E-state index in [-0.39, 0.29) is 0 Å². The lowest BCUT2D eigenvalue weighted by Gasteiger charge is -2.41. The van der Waals surface area contributed by atoms with E-state index >= 15 is 0 Å². The van der Waals surface area contributed by atoms with E-state index in [1.165, 1.54) is 43.9 Å². The Morgan fingerprint density at radius 2 is 1.65 bits per heavy atom. The Balaban J connectivity index is 1.87. The molecule has 1 aromatic rings. The van der Waals surface area contributed by atoms with Gasteiger partial charge < -0.3 is 5.32 Å². The van der Waals surface area contributed by atoms with Gasteiger partial charge in [-0.05, 0) is 36.5 Å². The van der Waals surface area contributed by atoms with Gasteiger partial charge in [0, 0.05) is 38.5 Å². The maximum Gasteiger partial charge on any atom is 0.175 e. The third-order valence-electron chi connectivity index (χ3n) is 5.29. The minimum absolute atomic E-state index is 0.420. The van der Waals surface area contributed by atoms with Gasteiger partial charge in [-0.3, -0.25) is 4.90 Å². The molecule has 0 amide bonds. The average Bonchev–Trinajstić information content (AvgIpc) is 2.57. The third-order valence-corrected chi connectivity index (χ3v) is 6.42. The Bertz CT molecular complexity index is 582. The summed E-state index contributed by atoms with van der Waals surface area (Å²) >= 11 is 0. The van der Waals surface area contributed by atoms with Gasteiger partial charge in [0.25, 0.3) is 0 Å². The van der Waals surface area contributed by atoms with E-state index in [2.05, 4.69) is 10.2 Å². The van der Waals surface area contributed by atoms with Crippen LogP contribution < -0.4 is 5.32 Å². The van der Waals surface area contributed by atoms with E-state index in [9.17, 15) is 8.42 Å². The zero-order valence-corrected chi connectivity index (χ0v) is 14.8. The van der Waals surface area contributed by atoms with Crippen LogP contribution in [0.25, 0.3) is 0 Å². The van der Waals surface area contributed by atoms with Crippen molar-refractivity contribution in [3.05, 3.63) is 29.8 Å². The number of piperazine rings is 1. The summed E-state index contributed by atoms with van der Waals surface area (Å²) in [6, 6.07) is 8.08. The molecule has 1 atom stereocenters. The molecule has 0 radical (unpaired) electrons. The van der Waals surface area contributed by atoms with Gasteiger partial charge in [0.2, 0.25) is 0 Å². The van der Waals surface area contributed by atoms with Crippen molar-refractivity contribution in [2.75, 3.05) is 32.4 Å². The Kier molecular flexibility index (Phi) is 5.39. The van der Waals surface area contributed by atoms with Crippen LogP contribution in [0.1, 0.15) is 43.7 Å². The van der Waals surface area contributed by atoms with Gasteiger partial charge in [-0.2, -0.15) is 0 Å². The maximum absolute atomic E-state index is 11.7. The normalized spacial score (nSPS) is 22.8. The highest BCUT2D eigenvalue weighted by Crippen LogP contribution is 2.38. The van der Waals surface area contributed by atoms with E-state index < -0.39 is 9.84 Å². The lowest BCUT2D eigenvalue weighted by Crippen LogP contribution is -2.47. The second-order valence-electron chi connectivity index (χ2n) is 6.97. The number of nitrogens with zero attached hydrogens (tertiary/aromatic N) is 1. The first-order chi connectivity index (χ1) is 11.1. The number of nitrogens with one attached hydrogen (secondary N) is 1. The molecular weight excluding hydrogens is 308 g/mol. The van der Waals surface area contributed by atoms with Gasteiger partial charge in [0.05, 0.1) is 4.90 Å². The van der Waals surface area contributed by atoms with Crippen molar-refractivity contribution in [3.63, 3.8) is 0 Å². The van der Waals surface area contributed by atoms with Crippen LogP contribution in [-0.4, -0.2) is 45.8 Å². The van der Waals surface area contributed by atoms with Gasteiger partial charge >= 0.3 is 0 Å². The van der Waals surface area contributed by atoms with Crippen LogP contribution >= 0.6 is 0 Å². The minimum atomic E-state index is -3.12. The van der Waals surface area contributed by atoms with Gasteiger partial charge in [-0.1, -0.05) is 31.4 Å². The van der Waals surface area contributed by atoms with Crippen LogP contribution in [0, 0.1) is 5.92 Å². The number of sulfone groups is 1. The van der Waals surface area contributed by atoms with Crippen LogP contribution in [0.3, 0.4) is 0 Å². The highest BCUT2D eigenvalue weighted by Gasteiger charge is 2.30. The first-order valence-electron chi connectivity index (χ1n) is 8.80. The largest absolute Gasteiger partial charge is 0.314 e. The van der Waals surface area contributed by atoms with Crippen LogP contribution in [0.15, 0.2) is 29.2 Å². The molecule has 1 N–H and O–H groups in total. The maximum atomic E-state index is 11.7. The summed E-state index contributed by atoms with van der Waals surface area (Å²) in [5.74, 6) is 0.700. The predicted molar refractivity (Wildman–Crippen MR) is 93.3 cm³/mol. The summed E-state index contributed by atoms with van der Waals surface area (Å²) in [6.07, 6.45) is 7.88. The van der Waals surface area contributed by atoms with Gasteiger partial charge in [0.1, 0.15) is 0 Å². The third kappa shape index (κ3) is 4.14. The molecule has 0 spiro atoms. The molecule has 1 aliphatic heterocycles. The fourth-order valence-electron chi connectivity index (χ4n) is 4.10. The smallest absolute Gasteiger partial charge is 0.175 e. The van der Waals surface area contributed by atoms with Crippen LogP contribution in [0.5, 0.6) is 0 Å². The summed E-state index contributed by atoms with van der Waals surface area (Å²) in [6.45, 7) is 4.25. The van der Waals surface area contributed by atoms with Crippen molar-refractivity contribution < 1.29 is 8.42 Å². The van der Waals surface area contributed by atoms with Gasteiger partial charge in [-0.25, -0.2) is 8.42 Å². The van der Waals surface area contributed by atoms with Crippen molar-refractivity contribution in [1.29, 1.82) is 0 Å². The summed E-state index contributed by atoms with van der Waals surface area (Å²) in [5, 5.41) is 3.43. The van der Waals surface area contributed by atoms with Crippen LogP contribution in [0.4, 0.5) is 0 Å². The Morgan fingerprint density at radius 3 is 2.22 bits per heavy atom. The average molecular weight is 337 g/mol. The second-order valence-corrected chi connectivity index (χ2v) is 8.99. The topological polar surface area (TPSA) is 49.4 Å². The standard InChI is InChI=1S/C18H28N2O2S/c1-23(21,22)17-9-7-16(8-10-17)18(15-5-3-2-4-6-15)20-13-11-19-12-14-20/h7-10,15,18-19H,2-6,11-14H2,1H3/t18-/m0/s1. The van der Waals surface area contributed by atoms with E-state index in [1.807, 2.05) is 12.1 Å². The molecule has 2 fully saturated rings.